The number of cyclic esters (lactones) is 1. The van der Waals surface area contributed by atoms with E-state index in [4.69, 9.17) is 20.4 Å². The van der Waals surface area contributed by atoms with Crippen molar-refractivity contribution in [2.24, 2.45) is 0 Å². The van der Waals surface area contributed by atoms with Crippen molar-refractivity contribution in [1.82, 2.24) is 0 Å². The molecule has 1 fully saturated rings. The summed E-state index contributed by atoms with van der Waals surface area (Å²) >= 11 is 0. The molecule has 1 aliphatic heterocycles. The van der Waals surface area contributed by atoms with Gasteiger partial charge in [-0.3, -0.25) is 0 Å². The quantitative estimate of drug-likeness (QED) is 0.318. The Morgan fingerprint density at radius 1 is 1.25 bits per heavy atom. The summed E-state index contributed by atoms with van der Waals surface area (Å²) in [5.74, 6) is -1.04. The maximum absolute atomic E-state index is 10.7. The highest BCUT2D eigenvalue weighted by atomic mass is 16.6. The fourth-order valence-electron chi connectivity index (χ4n) is 0.980. The SMILES string of the molecule is O=C1O[C@@H](CO)[C@H](O)[C@H](O)[C@H]1O. The Kier molecular flexibility index (Phi) is 2.63. The van der Waals surface area contributed by atoms with E-state index in [1.165, 1.54) is 0 Å². The van der Waals surface area contributed by atoms with Crippen LogP contribution in [0, 0.1) is 0 Å². The Hall–Kier alpha value is -0.690. The van der Waals surface area contributed by atoms with Crippen LogP contribution in [0.5, 0.6) is 0 Å². The Bertz CT molecular complexity index is 179. The Morgan fingerprint density at radius 2 is 1.83 bits per heavy atom. The van der Waals surface area contributed by atoms with Gasteiger partial charge in [-0.15, -0.1) is 0 Å². The number of hydrogen-bond donors (Lipinski definition) is 4. The molecule has 1 aliphatic rings. The fraction of sp³-hybridized carbons (Fsp3) is 0.833. The molecule has 0 spiro atoms. The van der Waals surface area contributed by atoms with Gasteiger partial charge in [-0.2, -0.15) is 0 Å². The molecular formula is C6H10O6. The van der Waals surface area contributed by atoms with E-state index in [0.29, 0.717) is 0 Å². The van der Waals surface area contributed by atoms with E-state index in [1.807, 2.05) is 0 Å². The van der Waals surface area contributed by atoms with Crippen LogP contribution in [-0.2, 0) is 9.53 Å². The molecule has 4 atom stereocenters. The second-order valence-electron chi connectivity index (χ2n) is 2.58. The third kappa shape index (κ3) is 1.42. The van der Waals surface area contributed by atoms with Crippen LogP contribution in [0.25, 0.3) is 0 Å². The van der Waals surface area contributed by atoms with E-state index in [1.54, 1.807) is 0 Å². The normalized spacial score (nSPS) is 42.5. The molecule has 0 saturated carbocycles. The van der Waals surface area contributed by atoms with E-state index in [-0.39, 0.29) is 0 Å². The molecule has 70 valence electrons. The van der Waals surface area contributed by atoms with E-state index >= 15 is 0 Å². The first-order valence-corrected chi connectivity index (χ1v) is 3.43. The molecule has 0 aromatic rings. The Morgan fingerprint density at radius 3 is 2.33 bits per heavy atom. The standard InChI is InChI=1S/C6H10O6/c7-1-2-3(8)4(9)5(10)6(11)12-2/h2-5,7-10H,1H2/t2-,3-,4-,5+/m0/s1. The summed E-state index contributed by atoms with van der Waals surface area (Å²) in [7, 11) is 0. The van der Waals surface area contributed by atoms with Gasteiger partial charge in [0.25, 0.3) is 0 Å². The summed E-state index contributed by atoms with van der Waals surface area (Å²) in [6.45, 7) is -0.587. The van der Waals surface area contributed by atoms with Gasteiger partial charge in [0.1, 0.15) is 12.2 Å². The molecular weight excluding hydrogens is 168 g/mol. The number of carbonyl (C=O) groups is 1. The number of hydrogen-bond acceptors (Lipinski definition) is 6. The van der Waals surface area contributed by atoms with Gasteiger partial charge in [0.2, 0.25) is 0 Å². The maximum atomic E-state index is 10.7. The lowest BCUT2D eigenvalue weighted by Crippen LogP contribution is -2.56. The number of aliphatic hydroxyl groups is 4. The van der Waals surface area contributed by atoms with Crippen LogP contribution in [0.2, 0.25) is 0 Å². The highest BCUT2D eigenvalue weighted by Gasteiger charge is 2.43. The molecule has 0 radical (unpaired) electrons. The van der Waals surface area contributed by atoms with E-state index < -0.39 is 37.0 Å². The molecule has 0 aliphatic carbocycles. The number of rotatable bonds is 1. The number of ether oxygens (including phenoxy) is 1. The first-order chi connectivity index (χ1) is 5.57. The summed E-state index contributed by atoms with van der Waals surface area (Å²) in [6, 6.07) is 0. The minimum absolute atomic E-state index is 0.587. The van der Waals surface area contributed by atoms with Gasteiger partial charge in [-0.05, 0) is 0 Å². The van der Waals surface area contributed by atoms with Gasteiger partial charge in [0, 0.05) is 0 Å². The molecule has 4 N–H and O–H groups in total. The second-order valence-corrected chi connectivity index (χ2v) is 2.58. The van der Waals surface area contributed by atoms with Crippen molar-refractivity contribution in [3.8, 4) is 0 Å². The van der Waals surface area contributed by atoms with Gasteiger partial charge in [0.15, 0.2) is 12.2 Å². The third-order valence-electron chi connectivity index (χ3n) is 1.74. The highest BCUT2D eigenvalue weighted by molar-refractivity contribution is 5.76. The van der Waals surface area contributed by atoms with Crippen LogP contribution in [-0.4, -0.2) is 57.4 Å². The van der Waals surface area contributed by atoms with Crippen molar-refractivity contribution in [3.05, 3.63) is 0 Å². The number of carbonyl (C=O) groups excluding carboxylic acids is 1. The molecule has 6 nitrogen and oxygen atoms in total. The van der Waals surface area contributed by atoms with Crippen LogP contribution < -0.4 is 0 Å². The van der Waals surface area contributed by atoms with Gasteiger partial charge < -0.3 is 25.2 Å². The third-order valence-corrected chi connectivity index (χ3v) is 1.74. The summed E-state index contributed by atoms with van der Waals surface area (Å²) in [4.78, 5) is 10.7. The Labute approximate surface area is 68.0 Å². The van der Waals surface area contributed by atoms with E-state index in [9.17, 15) is 4.79 Å². The lowest BCUT2D eigenvalue weighted by atomic mass is 10.0. The minimum Gasteiger partial charge on any atom is -0.455 e. The Balaban J connectivity index is 2.70. The smallest absolute Gasteiger partial charge is 0.338 e. The maximum Gasteiger partial charge on any atom is 0.338 e. The van der Waals surface area contributed by atoms with Crippen LogP contribution in [0.3, 0.4) is 0 Å². The van der Waals surface area contributed by atoms with Crippen LogP contribution in [0.4, 0.5) is 0 Å². The minimum atomic E-state index is -1.73. The van der Waals surface area contributed by atoms with Crippen molar-refractivity contribution >= 4 is 5.97 Å². The molecule has 0 aromatic heterocycles. The summed E-state index contributed by atoms with van der Waals surface area (Å²) in [5.41, 5.74) is 0. The van der Waals surface area contributed by atoms with Gasteiger partial charge in [0.05, 0.1) is 6.61 Å². The zero-order valence-corrected chi connectivity index (χ0v) is 6.12. The fourth-order valence-corrected chi connectivity index (χ4v) is 0.980. The summed E-state index contributed by atoms with van der Waals surface area (Å²) < 4.78 is 4.38. The molecule has 6 heteroatoms. The van der Waals surface area contributed by atoms with Crippen LogP contribution in [0.1, 0.15) is 0 Å². The van der Waals surface area contributed by atoms with Crippen molar-refractivity contribution in [1.29, 1.82) is 0 Å². The van der Waals surface area contributed by atoms with Gasteiger partial charge in [-0.1, -0.05) is 0 Å². The molecule has 1 heterocycles. The van der Waals surface area contributed by atoms with Gasteiger partial charge >= 0.3 is 5.97 Å². The lowest BCUT2D eigenvalue weighted by Gasteiger charge is -2.32. The zero-order valence-electron chi connectivity index (χ0n) is 6.12. The molecule has 0 unspecified atom stereocenters. The first kappa shape index (κ1) is 9.40. The predicted octanol–water partition coefficient (Wildman–Crippen LogP) is -3.01. The summed E-state index contributed by atoms with van der Waals surface area (Å²) in [5, 5.41) is 35.5. The molecule has 0 aromatic carbocycles. The summed E-state index contributed by atoms with van der Waals surface area (Å²) in [6.07, 6.45) is -5.93. The van der Waals surface area contributed by atoms with Crippen molar-refractivity contribution in [2.45, 2.75) is 24.4 Å². The van der Waals surface area contributed by atoms with Crippen molar-refractivity contribution < 1.29 is 30.0 Å². The number of esters is 1. The largest absolute Gasteiger partial charge is 0.455 e. The monoisotopic (exact) mass is 178 g/mol. The molecule has 1 saturated heterocycles. The second kappa shape index (κ2) is 3.36. The molecule has 12 heavy (non-hydrogen) atoms. The zero-order chi connectivity index (χ0) is 9.30. The van der Waals surface area contributed by atoms with Gasteiger partial charge in [-0.25, -0.2) is 4.79 Å². The van der Waals surface area contributed by atoms with Crippen LogP contribution in [0.15, 0.2) is 0 Å². The molecule has 1 rings (SSSR count). The first-order valence-electron chi connectivity index (χ1n) is 3.43. The van der Waals surface area contributed by atoms with Crippen LogP contribution >= 0.6 is 0 Å². The predicted molar refractivity (Wildman–Crippen MR) is 35.0 cm³/mol. The lowest BCUT2D eigenvalue weighted by molar-refractivity contribution is -0.206. The van der Waals surface area contributed by atoms with E-state index in [2.05, 4.69) is 4.74 Å². The molecule has 0 amide bonds. The number of aliphatic hydroxyl groups excluding tert-OH is 4. The highest BCUT2D eigenvalue weighted by Crippen LogP contribution is 2.15. The molecule has 0 bridgehead atoms. The average molecular weight is 178 g/mol. The average Bonchev–Trinajstić information content (AvgIpc) is 2.08. The van der Waals surface area contributed by atoms with Crippen molar-refractivity contribution in [2.75, 3.05) is 6.61 Å². The van der Waals surface area contributed by atoms with Crippen molar-refractivity contribution in [3.63, 3.8) is 0 Å². The van der Waals surface area contributed by atoms with E-state index in [0.717, 1.165) is 0 Å². The topological polar surface area (TPSA) is 107 Å².